The number of cyclic esters (lactones) is 1. The van der Waals surface area contributed by atoms with E-state index < -0.39 is 122 Å². The Bertz CT molecular complexity index is 1630. The number of carboxylic acids is 1. The van der Waals surface area contributed by atoms with Gasteiger partial charge in [0.1, 0.15) is 18.1 Å². The molecule has 65 heavy (non-hydrogen) atoms. The Hall–Kier alpha value is -3.36. The van der Waals surface area contributed by atoms with Gasteiger partial charge >= 0.3 is 11.9 Å². The van der Waals surface area contributed by atoms with Gasteiger partial charge in [-0.15, -0.1) is 0 Å². The zero-order valence-corrected chi connectivity index (χ0v) is 37.8. The number of fused-ring (bicyclic) bond motifs is 2. The number of carbonyl (C=O) groups excluding carboxylic acids is 1. The molecule has 370 valence electrons. The summed E-state index contributed by atoms with van der Waals surface area (Å²) < 4.78 is 23.7. The van der Waals surface area contributed by atoms with Crippen molar-refractivity contribution >= 4 is 11.9 Å². The zero-order valence-electron chi connectivity index (χ0n) is 37.8. The molecule has 2 bridgehead atoms. The fourth-order valence-electron chi connectivity index (χ4n) is 8.05. The molecule has 0 aliphatic carbocycles. The van der Waals surface area contributed by atoms with Crippen LogP contribution in [0, 0.1) is 23.7 Å². The number of nitrogens with two attached hydrogens (primary N) is 1. The number of hydrogen-bond donors (Lipinski definition) is 10. The maximum atomic E-state index is 12.6. The van der Waals surface area contributed by atoms with E-state index in [2.05, 4.69) is 0 Å². The van der Waals surface area contributed by atoms with Crippen LogP contribution in [0.5, 0.6) is 0 Å². The molecule has 3 aliphatic rings. The number of allylic oxidation sites excluding steroid dienone is 12. The van der Waals surface area contributed by atoms with Crippen LogP contribution in [0.2, 0.25) is 0 Å². The average Bonchev–Trinajstić information content (AvgIpc) is 3.22. The highest BCUT2D eigenvalue weighted by atomic mass is 16.7. The predicted octanol–water partition coefficient (Wildman–Crippen LogP) is 3.65. The summed E-state index contributed by atoms with van der Waals surface area (Å²) in [5.74, 6) is -6.43. The summed E-state index contributed by atoms with van der Waals surface area (Å²) in [6, 6.07) is -0.693. The first-order valence-corrected chi connectivity index (χ1v) is 22.6. The molecule has 11 N–H and O–H groups in total. The number of aliphatic hydroxyl groups excluding tert-OH is 7. The van der Waals surface area contributed by atoms with E-state index in [1.165, 1.54) is 0 Å². The number of esters is 1. The van der Waals surface area contributed by atoms with E-state index in [4.69, 9.17) is 24.7 Å². The van der Waals surface area contributed by atoms with E-state index >= 15 is 0 Å². The van der Waals surface area contributed by atoms with Gasteiger partial charge in [-0.2, -0.15) is 0 Å². The lowest BCUT2D eigenvalue weighted by Crippen LogP contribution is -2.58. The SMILES string of the molecule is C.CC1OC(O[C@H]2/C=C/C=C/C=C/C=C/C=C/C=C/C=C/[C@H](C)[C@@H](O)[C@@H](C)[C@H](C)OC(=O)CCC[C@H](O)CC[C@@H](O)[C@H](O)C[C@H](O)C[C@]3(O)C[C@H](O)[C@@H](C(=O)O)C(C2)O3)C(O)C(N)C1C. The second-order valence-electron chi connectivity index (χ2n) is 17.7. The van der Waals surface area contributed by atoms with E-state index in [1.807, 2.05) is 69.4 Å². The summed E-state index contributed by atoms with van der Waals surface area (Å²) in [6.07, 6.45) is 10.3. The van der Waals surface area contributed by atoms with E-state index in [1.54, 1.807) is 50.3 Å². The van der Waals surface area contributed by atoms with Crippen LogP contribution < -0.4 is 5.73 Å². The number of rotatable bonds is 3. The van der Waals surface area contributed by atoms with Gasteiger partial charge < -0.3 is 70.6 Å². The highest BCUT2D eigenvalue weighted by Crippen LogP contribution is 2.38. The van der Waals surface area contributed by atoms with Gasteiger partial charge in [0.05, 0.1) is 54.9 Å². The standard InChI is InChI=1S/C48H75NO15.CH4/c1-29-19-16-14-12-10-8-6-7-9-11-13-15-17-21-36(63-47-45(57)43(49)30(2)32(4)62-47)26-40-42(46(58)59)39(54)28-48(60,64-40)27-35(51)25-38(53)37(52)24-23-34(50)20-18-22-41(55)61-33(5)31(3)44(29)56;/h6-17,19,21,29-40,42-45,47,50-54,56-57,60H,18,20,22-28,49H2,1-5H3,(H,58,59);1H4/b7-6+,10-8+,11-9+,14-12+,15-13+,19-16+,21-17+;/t29-,30?,31-,32?,33-,34-,35-,36-,37+,38+,39-,40?,42+,43?,44+,45?,47?,48+;/m0./s1. The molecule has 0 aromatic carbocycles. The lowest BCUT2D eigenvalue weighted by molar-refractivity contribution is -0.307. The molecular weight excluding hydrogens is 843 g/mol. The van der Waals surface area contributed by atoms with Crippen molar-refractivity contribution in [2.45, 2.75) is 185 Å². The molecule has 2 saturated heterocycles. The van der Waals surface area contributed by atoms with Crippen molar-refractivity contribution in [1.82, 2.24) is 0 Å². The first kappa shape index (κ1) is 57.8. The number of carbonyl (C=O) groups is 2. The summed E-state index contributed by atoms with van der Waals surface area (Å²) >= 11 is 0. The number of ether oxygens (including phenoxy) is 4. The van der Waals surface area contributed by atoms with Crippen LogP contribution in [0.3, 0.4) is 0 Å². The van der Waals surface area contributed by atoms with Crippen molar-refractivity contribution in [3.05, 3.63) is 85.1 Å². The molecule has 3 aliphatic heterocycles. The maximum absolute atomic E-state index is 12.6. The Labute approximate surface area is 385 Å². The third-order valence-corrected chi connectivity index (χ3v) is 12.5. The van der Waals surface area contributed by atoms with Gasteiger partial charge in [-0.05, 0) is 45.4 Å². The predicted molar refractivity (Wildman–Crippen MR) is 245 cm³/mol. The van der Waals surface area contributed by atoms with Crippen molar-refractivity contribution in [2.75, 3.05) is 0 Å². The van der Waals surface area contributed by atoms with Crippen LogP contribution in [0.25, 0.3) is 0 Å². The van der Waals surface area contributed by atoms with Crippen molar-refractivity contribution in [3.8, 4) is 0 Å². The zero-order chi connectivity index (χ0) is 47.6. The Morgan fingerprint density at radius 1 is 0.692 bits per heavy atom. The number of aliphatic carboxylic acids is 1. The number of aliphatic hydroxyl groups is 8. The largest absolute Gasteiger partial charge is 0.481 e. The minimum absolute atomic E-state index is 0. The topological polar surface area (TPSA) is 279 Å². The van der Waals surface area contributed by atoms with Crippen molar-refractivity contribution in [2.24, 2.45) is 29.4 Å². The number of carboxylic acid groups (broad SMARTS) is 1. The summed E-state index contributed by atoms with van der Waals surface area (Å²) in [5, 5.41) is 97.6. The van der Waals surface area contributed by atoms with Crippen LogP contribution in [0.4, 0.5) is 0 Å². The molecule has 0 amide bonds. The van der Waals surface area contributed by atoms with Gasteiger partial charge in [-0.1, -0.05) is 113 Å². The van der Waals surface area contributed by atoms with Gasteiger partial charge in [0.15, 0.2) is 12.1 Å². The smallest absolute Gasteiger partial charge is 0.311 e. The number of hydrogen-bond acceptors (Lipinski definition) is 15. The van der Waals surface area contributed by atoms with Crippen molar-refractivity contribution < 1.29 is 74.5 Å². The molecule has 0 saturated carbocycles. The van der Waals surface area contributed by atoms with Crippen molar-refractivity contribution in [3.63, 3.8) is 0 Å². The molecule has 0 radical (unpaired) electrons. The first-order valence-electron chi connectivity index (χ1n) is 22.6. The van der Waals surface area contributed by atoms with Gasteiger partial charge in [0.25, 0.3) is 0 Å². The highest BCUT2D eigenvalue weighted by Gasteiger charge is 2.51. The fourth-order valence-corrected chi connectivity index (χ4v) is 8.05. The van der Waals surface area contributed by atoms with E-state index in [0.29, 0.717) is 6.42 Å². The lowest BCUT2D eigenvalue weighted by Gasteiger charge is -2.45. The van der Waals surface area contributed by atoms with Gasteiger partial charge in [-0.3, -0.25) is 9.59 Å². The van der Waals surface area contributed by atoms with Gasteiger partial charge in [-0.25, -0.2) is 0 Å². The molecule has 16 nitrogen and oxygen atoms in total. The molecule has 6 unspecified atom stereocenters. The third-order valence-electron chi connectivity index (χ3n) is 12.5. The monoisotopic (exact) mass is 922 g/mol. The summed E-state index contributed by atoms with van der Waals surface area (Å²) in [4.78, 5) is 25.1. The molecule has 16 heteroatoms. The quantitative estimate of drug-likeness (QED) is 0.181. The van der Waals surface area contributed by atoms with Crippen LogP contribution in [0.15, 0.2) is 85.1 Å². The minimum atomic E-state index is -2.26. The van der Waals surface area contributed by atoms with E-state index in [-0.39, 0.29) is 57.3 Å². The second-order valence-corrected chi connectivity index (χ2v) is 17.7. The molecule has 3 heterocycles. The minimum Gasteiger partial charge on any atom is -0.481 e. The molecular formula is C49H79NO15. The second kappa shape index (κ2) is 28.7. The Balaban J connectivity index is 0.0000145. The van der Waals surface area contributed by atoms with Gasteiger partial charge in [0.2, 0.25) is 0 Å². The molecule has 0 aromatic rings. The maximum Gasteiger partial charge on any atom is 0.311 e. The molecule has 0 aromatic heterocycles. The summed E-state index contributed by atoms with van der Waals surface area (Å²) in [5.41, 5.74) is 6.27. The van der Waals surface area contributed by atoms with Crippen LogP contribution in [-0.4, -0.2) is 143 Å². The van der Waals surface area contributed by atoms with Crippen LogP contribution in [0.1, 0.15) is 99.8 Å². The Morgan fingerprint density at radius 3 is 1.85 bits per heavy atom. The molecule has 18 atom stereocenters. The Morgan fingerprint density at radius 2 is 1.26 bits per heavy atom. The van der Waals surface area contributed by atoms with Gasteiger partial charge in [0, 0.05) is 50.0 Å². The summed E-state index contributed by atoms with van der Waals surface area (Å²) in [7, 11) is 0. The van der Waals surface area contributed by atoms with E-state index in [0.717, 1.165) is 0 Å². The normalized spacial score (nSPS) is 44.2. The van der Waals surface area contributed by atoms with E-state index in [9.17, 15) is 55.5 Å². The first-order chi connectivity index (χ1) is 30.2. The van der Waals surface area contributed by atoms with Crippen molar-refractivity contribution in [1.29, 1.82) is 0 Å². The third kappa shape index (κ3) is 19.4. The molecule has 0 spiro atoms. The summed E-state index contributed by atoms with van der Waals surface area (Å²) in [6.45, 7) is 9.03. The molecule has 2 fully saturated rings. The highest BCUT2D eigenvalue weighted by molar-refractivity contribution is 5.71. The van der Waals surface area contributed by atoms with Crippen LogP contribution in [-0.2, 0) is 28.5 Å². The Kier molecular flexibility index (Phi) is 25.5. The lowest BCUT2D eigenvalue weighted by atomic mass is 9.82. The fraction of sp³-hybridized carbons (Fsp3) is 0.673. The van der Waals surface area contributed by atoms with Crippen LogP contribution >= 0.6 is 0 Å². The average molecular weight is 922 g/mol. The molecule has 3 rings (SSSR count).